The van der Waals surface area contributed by atoms with Gasteiger partial charge in [0.05, 0.1) is 5.92 Å². The molecule has 1 saturated heterocycles. The van der Waals surface area contributed by atoms with Crippen LogP contribution >= 0.6 is 0 Å². The fourth-order valence-corrected chi connectivity index (χ4v) is 1.96. The zero-order chi connectivity index (χ0) is 15.1. The number of esters is 1. The molecule has 0 saturated carbocycles. The average molecular weight is 279 g/mol. The average Bonchev–Trinajstić information content (AvgIpc) is 2.41. The summed E-state index contributed by atoms with van der Waals surface area (Å²) in [5, 5.41) is 0. The maximum Gasteiger partial charge on any atom is 0.306 e. The van der Waals surface area contributed by atoms with E-state index in [9.17, 15) is 14.4 Å². The first kappa shape index (κ1) is 16.1. The van der Waals surface area contributed by atoms with Crippen LogP contribution < -0.4 is 0 Å². The third-order valence-corrected chi connectivity index (χ3v) is 3.26. The van der Waals surface area contributed by atoms with Gasteiger partial charge in [-0.1, -0.05) is 12.2 Å². The summed E-state index contributed by atoms with van der Waals surface area (Å²) in [5.74, 6) is -1.21. The van der Waals surface area contributed by atoms with E-state index in [1.165, 1.54) is 4.90 Å². The number of amides is 2. The first-order chi connectivity index (χ1) is 9.51. The first-order valence-electron chi connectivity index (χ1n) is 6.76. The largest absolute Gasteiger partial charge is 0.462 e. The van der Waals surface area contributed by atoms with Crippen molar-refractivity contribution in [2.75, 3.05) is 6.54 Å². The van der Waals surface area contributed by atoms with Crippen LogP contribution in [0.5, 0.6) is 0 Å². The van der Waals surface area contributed by atoms with Crippen LogP contribution in [0.25, 0.3) is 0 Å². The van der Waals surface area contributed by atoms with Crippen molar-refractivity contribution in [3.63, 3.8) is 0 Å². The van der Waals surface area contributed by atoms with Gasteiger partial charge in [-0.3, -0.25) is 19.3 Å². The lowest BCUT2D eigenvalue weighted by atomic mass is 9.92. The van der Waals surface area contributed by atoms with Gasteiger partial charge < -0.3 is 4.74 Å². The molecule has 5 heteroatoms. The second-order valence-electron chi connectivity index (χ2n) is 4.80. The Balaban J connectivity index is 2.38. The molecule has 0 N–H and O–H groups in total. The van der Waals surface area contributed by atoms with Gasteiger partial charge in [-0.25, -0.2) is 0 Å². The van der Waals surface area contributed by atoms with Crippen molar-refractivity contribution in [2.24, 2.45) is 5.92 Å². The van der Waals surface area contributed by atoms with Crippen molar-refractivity contribution in [1.29, 1.82) is 0 Å². The van der Waals surface area contributed by atoms with E-state index in [4.69, 9.17) is 4.74 Å². The number of hydrogen-bond donors (Lipinski definition) is 0. The standard InChI is InChI=1S/C15H21NO4/c1-4-6-8-13(17)16-10-12(15(16)19)11(3)20-14(18)9-7-5-2/h4-5,11-12H,1-2,6-10H2,3H3/t11-,12+/m1/s1. The summed E-state index contributed by atoms with van der Waals surface area (Å²) < 4.78 is 5.17. The fourth-order valence-electron chi connectivity index (χ4n) is 1.96. The molecule has 0 aliphatic carbocycles. The Bertz CT molecular complexity index is 416. The summed E-state index contributed by atoms with van der Waals surface area (Å²) >= 11 is 0. The van der Waals surface area contributed by atoms with Crippen molar-refractivity contribution < 1.29 is 19.1 Å². The number of nitrogens with zero attached hydrogens (tertiary/aromatic N) is 1. The van der Waals surface area contributed by atoms with Crippen molar-refractivity contribution in [1.82, 2.24) is 4.90 Å². The van der Waals surface area contributed by atoms with E-state index < -0.39 is 12.0 Å². The van der Waals surface area contributed by atoms with Gasteiger partial charge >= 0.3 is 5.97 Å². The molecule has 2 amide bonds. The highest BCUT2D eigenvalue weighted by Crippen LogP contribution is 2.24. The van der Waals surface area contributed by atoms with Crippen LogP contribution in [0.2, 0.25) is 0 Å². The van der Waals surface area contributed by atoms with Gasteiger partial charge in [-0.15, -0.1) is 13.2 Å². The van der Waals surface area contributed by atoms with Gasteiger partial charge in [0.1, 0.15) is 6.10 Å². The van der Waals surface area contributed by atoms with E-state index in [0.29, 0.717) is 19.4 Å². The molecule has 5 nitrogen and oxygen atoms in total. The Hall–Kier alpha value is -1.91. The number of β-lactam (4-membered cyclic amide) rings is 1. The van der Waals surface area contributed by atoms with Crippen LogP contribution in [-0.2, 0) is 19.1 Å². The van der Waals surface area contributed by atoms with Crippen molar-refractivity contribution >= 4 is 17.8 Å². The smallest absolute Gasteiger partial charge is 0.306 e. The lowest BCUT2D eigenvalue weighted by Gasteiger charge is -2.39. The van der Waals surface area contributed by atoms with Crippen LogP contribution in [0.1, 0.15) is 32.6 Å². The topological polar surface area (TPSA) is 63.7 Å². The molecule has 0 unspecified atom stereocenters. The molecule has 0 bridgehead atoms. The van der Waals surface area contributed by atoms with Gasteiger partial charge in [0.25, 0.3) is 0 Å². The number of rotatable bonds is 8. The normalized spacial score (nSPS) is 18.9. The third-order valence-electron chi connectivity index (χ3n) is 3.26. The third kappa shape index (κ3) is 4.05. The second kappa shape index (κ2) is 7.62. The summed E-state index contributed by atoms with van der Waals surface area (Å²) in [6.45, 7) is 9.07. The fraction of sp³-hybridized carbons (Fsp3) is 0.533. The van der Waals surface area contributed by atoms with Gasteiger partial charge in [0, 0.05) is 19.4 Å². The van der Waals surface area contributed by atoms with Crippen LogP contribution in [0.3, 0.4) is 0 Å². The number of carbonyl (C=O) groups is 3. The highest BCUT2D eigenvalue weighted by molar-refractivity contribution is 6.01. The number of hydrogen-bond acceptors (Lipinski definition) is 4. The molecule has 1 aliphatic rings. The SMILES string of the molecule is C=CCCC(=O)O[C@H](C)[C@@H]1CN(C(=O)CCC=C)C1=O. The van der Waals surface area contributed by atoms with E-state index in [-0.39, 0.29) is 30.6 Å². The van der Waals surface area contributed by atoms with Crippen molar-refractivity contribution in [3.05, 3.63) is 25.3 Å². The molecule has 20 heavy (non-hydrogen) atoms. The minimum Gasteiger partial charge on any atom is -0.462 e. The molecular formula is C15H21NO4. The van der Waals surface area contributed by atoms with Gasteiger partial charge in [0.15, 0.2) is 0 Å². The lowest BCUT2D eigenvalue weighted by molar-refractivity contribution is -0.169. The summed E-state index contributed by atoms with van der Waals surface area (Å²) in [5.41, 5.74) is 0. The van der Waals surface area contributed by atoms with E-state index in [1.807, 2.05) is 0 Å². The van der Waals surface area contributed by atoms with Crippen molar-refractivity contribution in [3.8, 4) is 0 Å². The zero-order valence-corrected chi connectivity index (χ0v) is 11.8. The molecule has 0 aromatic heterocycles. The van der Waals surface area contributed by atoms with Gasteiger partial charge in [0.2, 0.25) is 11.8 Å². The second-order valence-corrected chi connectivity index (χ2v) is 4.80. The van der Waals surface area contributed by atoms with Gasteiger partial charge in [-0.05, 0) is 19.8 Å². The minimum absolute atomic E-state index is 0.198. The predicted molar refractivity (Wildman–Crippen MR) is 74.6 cm³/mol. The molecule has 1 fully saturated rings. The molecule has 2 atom stereocenters. The molecule has 1 rings (SSSR count). The molecule has 0 aromatic rings. The number of likely N-dealkylation sites (tertiary alicyclic amines) is 1. The molecular weight excluding hydrogens is 258 g/mol. The van der Waals surface area contributed by atoms with Crippen LogP contribution in [0.15, 0.2) is 25.3 Å². The highest BCUT2D eigenvalue weighted by Gasteiger charge is 2.44. The molecule has 1 aliphatic heterocycles. The first-order valence-corrected chi connectivity index (χ1v) is 6.76. The number of carbonyl (C=O) groups excluding carboxylic acids is 3. The van der Waals surface area contributed by atoms with Crippen LogP contribution in [0.4, 0.5) is 0 Å². The Morgan fingerprint density at radius 2 is 1.95 bits per heavy atom. The number of ether oxygens (including phenoxy) is 1. The summed E-state index contributed by atoms with van der Waals surface area (Å²) in [6, 6.07) is 0. The van der Waals surface area contributed by atoms with E-state index in [2.05, 4.69) is 13.2 Å². The summed E-state index contributed by atoms with van der Waals surface area (Å²) in [6.07, 6.45) is 4.44. The molecule has 0 radical (unpaired) electrons. The lowest BCUT2D eigenvalue weighted by Crippen LogP contribution is -2.59. The zero-order valence-electron chi connectivity index (χ0n) is 11.8. The number of imide groups is 1. The molecule has 110 valence electrons. The highest BCUT2D eigenvalue weighted by atomic mass is 16.5. The summed E-state index contributed by atoms with van der Waals surface area (Å²) in [7, 11) is 0. The Morgan fingerprint density at radius 3 is 2.50 bits per heavy atom. The van der Waals surface area contributed by atoms with Crippen molar-refractivity contribution in [2.45, 2.75) is 38.7 Å². The molecule has 0 aromatic carbocycles. The Morgan fingerprint density at radius 1 is 1.35 bits per heavy atom. The van der Waals surface area contributed by atoms with E-state index in [1.54, 1.807) is 19.1 Å². The Kier molecular flexibility index (Phi) is 6.15. The van der Waals surface area contributed by atoms with E-state index >= 15 is 0 Å². The predicted octanol–water partition coefficient (Wildman–Crippen LogP) is 1.84. The Labute approximate surface area is 119 Å². The van der Waals surface area contributed by atoms with Gasteiger partial charge in [-0.2, -0.15) is 0 Å². The van der Waals surface area contributed by atoms with Crippen LogP contribution in [0, 0.1) is 5.92 Å². The summed E-state index contributed by atoms with van der Waals surface area (Å²) in [4.78, 5) is 36.2. The maximum absolute atomic E-state index is 11.9. The van der Waals surface area contributed by atoms with Crippen LogP contribution in [-0.4, -0.2) is 35.3 Å². The minimum atomic E-state index is -0.497. The quantitative estimate of drug-likeness (QED) is 0.386. The monoisotopic (exact) mass is 279 g/mol. The molecule has 0 spiro atoms. The van der Waals surface area contributed by atoms with E-state index in [0.717, 1.165) is 0 Å². The number of allylic oxidation sites excluding steroid dienone is 2. The molecule has 1 heterocycles. The maximum atomic E-state index is 11.9.